The molecule has 0 aliphatic carbocycles. The number of amides is 2. The average molecular weight is 452 g/mol. The van der Waals surface area contributed by atoms with Gasteiger partial charge in [-0.1, -0.05) is 38.1 Å². The van der Waals surface area contributed by atoms with Gasteiger partial charge in [0.2, 0.25) is 11.8 Å². The van der Waals surface area contributed by atoms with Crippen LogP contribution in [0.1, 0.15) is 25.0 Å². The largest absolute Gasteiger partial charge is 0.352 e. The van der Waals surface area contributed by atoms with Crippen molar-refractivity contribution in [1.82, 2.24) is 10.6 Å². The van der Waals surface area contributed by atoms with E-state index in [2.05, 4.69) is 10.6 Å². The number of rotatable bonds is 10. The van der Waals surface area contributed by atoms with E-state index < -0.39 is 15.3 Å². The second kappa shape index (κ2) is 11.3. The number of nitro benzene ring substituents is 2. The number of nitro groups is 2. The summed E-state index contributed by atoms with van der Waals surface area (Å²) in [5.41, 5.74) is 0.482. The van der Waals surface area contributed by atoms with Gasteiger partial charge in [-0.15, -0.1) is 0 Å². The van der Waals surface area contributed by atoms with Gasteiger partial charge in [0.1, 0.15) is 0 Å². The Kier molecular flexibility index (Phi) is 8.56. The molecule has 0 radical (unpaired) electrons. The van der Waals surface area contributed by atoms with Gasteiger partial charge in [0, 0.05) is 49.5 Å². The first-order valence-electron chi connectivity index (χ1n) is 9.96. The fraction of sp³-hybridized carbons (Fsp3) is 0.217. The first kappa shape index (κ1) is 24.9. The maximum atomic E-state index is 12.1. The zero-order valence-electron chi connectivity index (χ0n) is 18.2. The Labute approximate surface area is 190 Å². The van der Waals surface area contributed by atoms with Crippen molar-refractivity contribution in [3.05, 3.63) is 92.0 Å². The molecule has 0 bridgehead atoms. The summed E-state index contributed by atoms with van der Waals surface area (Å²) in [7, 11) is 0. The summed E-state index contributed by atoms with van der Waals surface area (Å²) in [4.78, 5) is 44.8. The molecule has 0 aliphatic rings. The molecular formula is C23H24N4O6. The summed E-state index contributed by atoms with van der Waals surface area (Å²) in [6, 6.07) is 11.8. The zero-order valence-corrected chi connectivity index (χ0v) is 18.2. The van der Waals surface area contributed by atoms with Gasteiger partial charge in [0.05, 0.1) is 9.85 Å². The van der Waals surface area contributed by atoms with Gasteiger partial charge in [0.15, 0.2) is 0 Å². The van der Waals surface area contributed by atoms with Gasteiger partial charge in [-0.3, -0.25) is 29.8 Å². The van der Waals surface area contributed by atoms with E-state index in [-0.39, 0.29) is 36.3 Å². The van der Waals surface area contributed by atoms with Crippen LogP contribution in [0.2, 0.25) is 0 Å². The number of non-ortho nitro benzene ring substituents is 2. The normalized spacial score (nSPS) is 11.5. The lowest BCUT2D eigenvalue weighted by Crippen LogP contribution is -2.41. The van der Waals surface area contributed by atoms with Crippen LogP contribution in [0.3, 0.4) is 0 Å². The lowest BCUT2D eigenvalue weighted by Gasteiger charge is -2.24. The van der Waals surface area contributed by atoms with E-state index in [4.69, 9.17) is 0 Å². The Morgan fingerprint density at radius 3 is 1.58 bits per heavy atom. The molecule has 2 N–H and O–H groups in total. The highest BCUT2D eigenvalue weighted by atomic mass is 16.6. The van der Waals surface area contributed by atoms with E-state index in [9.17, 15) is 29.8 Å². The molecule has 0 saturated heterocycles. The van der Waals surface area contributed by atoms with Gasteiger partial charge in [-0.05, 0) is 28.7 Å². The molecule has 10 heteroatoms. The number of nitrogens with zero attached hydrogens (tertiary/aromatic N) is 2. The molecule has 0 unspecified atom stereocenters. The maximum Gasteiger partial charge on any atom is 0.270 e. The SMILES string of the molecule is CC(C)(CNC(=O)C=Cc1cccc([N+](=O)[O-])c1)CNC(=O)C=Cc1cccc([N+](=O)[O-])c1. The van der Waals surface area contributed by atoms with Crippen molar-refractivity contribution in [2.24, 2.45) is 5.41 Å². The van der Waals surface area contributed by atoms with Crippen LogP contribution in [0, 0.1) is 25.6 Å². The first-order chi connectivity index (χ1) is 15.6. The Hall–Kier alpha value is -4.34. The quantitative estimate of drug-likeness (QED) is 0.321. The predicted molar refractivity (Wildman–Crippen MR) is 124 cm³/mol. The fourth-order valence-corrected chi connectivity index (χ4v) is 2.66. The summed E-state index contributed by atoms with van der Waals surface area (Å²) in [6.07, 6.45) is 5.54. The molecule has 2 aromatic carbocycles. The molecule has 172 valence electrons. The Balaban J connectivity index is 1.82. The molecule has 2 rings (SSSR count). The number of carbonyl (C=O) groups is 2. The van der Waals surface area contributed by atoms with Crippen molar-refractivity contribution < 1.29 is 19.4 Å². The Bertz CT molecular complexity index is 1020. The third-order valence-corrected chi connectivity index (χ3v) is 4.50. The van der Waals surface area contributed by atoms with Crippen LogP contribution < -0.4 is 10.6 Å². The minimum Gasteiger partial charge on any atom is -0.352 e. The van der Waals surface area contributed by atoms with Gasteiger partial charge < -0.3 is 10.6 Å². The zero-order chi connectivity index (χ0) is 24.4. The van der Waals surface area contributed by atoms with Crippen molar-refractivity contribution >= 4 is 35.3 Å². The Morgan fingerprint density at radius 1 is 0.818 bits per heavy atom. The first-order valence-corrected chi connectivity index (χ1v) is 9.96. The van der Waals surface area contributed by atoms with Gasteiger partial charge in [0.25, 0.3) is 11.4 Å². The van der Waals surface area contributed by atoms with E-state index in [0.29, 0.717) is 11.1 Å². The lowest BCUT2D eigenvalue weighted by molar-refractivity contribution is -0.385. The minimum absolute atomic E-state index is 0.0611. The molecule has 33 heavy (non-hydrogen) atoms. The average Bonchev–Trinajstić information content (AvgIpc) is 2.79. The van der Waals surface area contributed by atoms with Crippen LogP contribution >= 0.6 is 0 Å². The molecule has 0 spiro atoms. The van der Waals surface area contributed by atoms with Crippen LogP contribution in [0.5, 0.6) is 0 Å². The van der Waals surface area contributed by atoms with Crippen LogP contribution in [0.4, 0.5) is 11.4 Å². The van der Waals surface area contributed by atoms with E-state index in [0.717, 1.165) is 0 Å². The van der Waals surface area contributed by atoms with E-state index >= 15 is 0 Å². The summed E-state index contributed by atoms with van der Waals surface area (Å²) in [5, 5.41) is 27.1. The second-order valence-electron chi connectivity index (χ2n) is 7.97. The van der Waals surface area contributed by atoms with Crippen molar-refractivity contribution in [1.29, 1.82) is 0 Å². The van der Waals surface area contributed by atoms with E-state index in [1.807, 2.05) is 13.8 Å². The van der Waals surface area contributed by atoms with Crippen molar-refractivity contribution in [2.45, 2.75) is 13.8 Å². The third kappa shape index (κ3) is 8.74. The standard InChI is InChI=1S/C23H24N4O6/c1-23(2,15-24-21(28)11-9-17-5-3-7-19(13-17)26(30)31)16-25-22(29)12-10-18-6-4-8-20(14-18)27(32)33/h3-14H,15-16H2,1-2H3,(H,24,28)(H,25,29). The van der Waals surface area contributed by atoms with Gasteiger partial charge in [-0.25, -0.2) is 0 Å². The van der Waals surface area contributed by atoms with Crippen molar-refractivity contribution in [3.63, 3.8) is 0 Å². The summed E-state index contributed by atoms with van der Waals surface area (Å²) >= 11 is 0. The highest BCUT2D eigenvalue weighted by Crippen LogP contribution is 2.16. The molecule has 0 saturated carbocycles. The molecule has 10 nitrogen and oxygen atoms in total. The molecule has 0 aromatic heterocycles. The second-order valence-corrected chi connectivity index (χ2v) is 7.97. The summed E-state index contributed by atoms with van der Waals surface area (Å²) in [5.74, 6) is -0.738. The molecular weight excluding hydrogens is 428 g/mol. The molecule has 0 heterocycles. The molecule has 0 aliphatic heterocycles. The fourth-order valence-electron chi connectivity index (χ4n) is 2.66. The number of hydrogen-bond acceptors (Lipinski definition) is 6. The van der Waals surface area contributed by atoms with E-state index in [1.165, 1.54) is 60.7 Å². The van der Waals surface area contributed by atoms with Crippen LogP contribution in [0.25, 0.3) is 12.2 Å². The topological polar surface area (TPSA) is 144 Å². The van der Waals surface area contributed by atoms with Crippen LogP contribution in [-0.2, 0) is 9.59 Å². The number of benzene rings is 2. The van der Waals surface area contributed by atoms with Gasteiger partial charge >= 0.3 is 0 Å². The van der Waals surface area contributed by atoms with Crippen LogP contribution in [0.15, 0.2) is 60.7 Å². The van der Waals surface area contributed by atoms with Crippen LogP contribution in [-0.4, -0.2) is 34.8 Å². The molecule has 0 atom stereocenters. The summed E-state index contributed by atoms with van der Waals surface area (Å²) < 4.78 is 0. The molecule has 2 aromatic rings. The third-order valence-electron chi connectivity index (χ3n) is 4.50. The number of carbonyl (C=O) groups excluding carboxylic acids is 2. The van der Waals surface area contributed by atoms with Crippen molar-refractivity contribution in [2.75, 3.05) is 13.1 Å². The molecule has 2 amide bonds. The number of hydrogen-bond donors (Lipinski definition) is 2. The van der Waals surface area contributed by atoms with Gasteiger partial charge in [-0.2, -0.15) is 0 Å². The summed E-state index contributed by atoms with van der Waals surface area (Å²) in [6.45, 7) is 4.28. The smallest absolute Gasteiger partial charge is 0.270 e. The monoisotopic (exact) mass is 452 g/mol. The van der Waals surface area contributed by atoms with Crippen molar-refractivity contribution in [3.8, 4) is 0 Å². The predicted octanol–water partition coefficient (Wildman–Crippen LogP) is 3.49. The lowest BCUT2D eigenvalue weighted by atomic mass is 9.93. The number of nitrogens with one attached hydrogen (secondary N) is 2. The maximum absolute atomic E-state index is 12.1. The highest BCUT2D eigenvalue weighted by Gasteiger charge is 2.19. The van der Waals surface area contributed by atoms with E-state index in [1.54, 1.807) is 12.1 Å². The highest BCUT2D eigenvalue weighted by molar-refractivity contribution is 5.92. The minimum atomic E-state index is -0.507. The Morgan fingerprint density at radius 2 is 1.21 bits per heavy atom. The molecule has 0 fully saturated rings.